The van der Waals surface area contributed by atoms with Crippen molar-refractivity contribution in [1.82, 2.24) is 14.7 Å². The third kappa shape index (κ3) is 7.40. The molecule has 0 atom stereocenters. The summed E-state index contributed by atoms with van der Waals surface area (Å²) in [6.45, 7) is 7.37. The van der Waals surface area contributed by atoms with Crippen molar-refractivity contribution in [3.63, 3.8) is 0 Å². The van der Waals surface area contributed by atoms with E-state index in [-0.39, 0.29) is 11.6 Å². The van der Waals surface area contributed by atoms with Crippen LogP contribution < -0.4 is 0 Å². The zero-order valence-corrected chi connectivity index (χ0v) is 21.4. The normalized spacial score (nSPS) is 17.8. The zero-order chi connectivity index (χ0) is 26.4. The van der Waals surface area contributed by atoms with Gasteiger partial charge < -0.3 is 15.2 Å². The summed E-state index contributed by atoms with van der Waals surface area (Å²) in [5.41, 5.74) is -0.159. The number of hydrogen-bond donors (Lipinski definition) is 1. The highest BCUT2D eigenvalue weighted by Crippen LogP contribution is 2.27. The average Bonchev–Trinajstić information content (AvgIpc) is 3.41. The second-order valence-electron chi connectivity index (χ2n) is 9.42. The SMILES string of the molecule is N=C(CC(=Nc1ccccc1Cl)c1ccc(C(=O)N2CCN(CCN3CCCC3)CC2)cc1)C(F)(F)F. The summed E-state index contributed by atoms with van der Waals surface area (Å²) in [6.07, 6.45) is -2.91. The van der Waals surface area contributed by atoms with Crippen LogP contribution in [0.4, 0.5) is 18.9 Å². The van der Waals surface area contributed by atoms with Crippen molar-refractivity contribution in [2.45, 2.75) is 25.4 Å². The van der Waals surface area contributed by atoms with Crippen LogP contribution in [-0.4, -0.2) is 90.6 Å². The van der Waals surface area contributed by atoms with Crippen LogP contribution in [-0.2, 0) is 0 Å². The molecule has 2 aliphatic heterocycles. The van der Waals surface area contributed by atoms with E-state index in [2.05, 4.69) is 14.8 Å². The highest BCUT2D eigenvalue weighted by molar-refractivity contribution is 6.33. The molecule has 37 heavy (non-hydrogen) atoms. The van der Waals surface area contributed by atoms with Crippen LogP contribution in [0.25, 0.3) is 0 Å². The molecule has 2 heterocycles. The number of piperazine rings is 1. The van der Waals surface area contributed by atoms with E-state index in [0.717, 1.165) is 26.2 Å². The Morgan fingerprint density at radius 3 is 2.03 bits per heavy atom. The van der Waals surface area contributed by atoms with Gasteiger partial charge >= 0.3 is 6.18 Å². The summed E-state index contributed by atoms with van der Waals surface area (Å²) >= 11 is 6.16. The van der Waals surface area contributed by atoms with Crippen LogP contribution >= 0.6 is 11.6 Å². The Hall–Kier alpha value is -2.75. The van der Waals surface area contributed by atoms with Gasteiger partial charge in [0.2, 0.25) is 0 Å². The first-order chi connectivity index (χ1) is 17.7. The summed E-state index contributed by atoms with van der Waals surface area (Å²) in [5.74, 6) is -0.0987. The molecule has 10 heteroatoms. The summed E-state index contributed by atoms with van der Waals surface area (Å²) in [5, 5.41) is 7.77. The molecule has 2 aromatic carbocycles. The van der Waals surface area contributed by atoms with E-state index < -0.39 is 18.3 Å². The van der Waals surface area contributed by atoms with Gasteiger partial charge in [0, 0.05) is 51.3 Å². The predicted octanol–water partition coefficient (Wildman–Crippen LogP) is 5.29. The predicted molar refractivity (Wildman–Crippen MR) is 141 cm³/mol. The molecule has 0 bridgehead atoms. The van der Waals surface area contributed by atoms with E-state index in [9.17, 15) is 18.0 Å². The maximum absolute atomic E-state index is 13.1. The molecule has 198 valence electrons. The number of amides is 1. The van der Waals surface area contributed by atoms with Crippen LogP contribution in [0.3, 0.4) is 0 Å². The van der Waals surface area contributed by atoms with E-state index in [1.165, 1.54) is 25.9 Å². The number of nitrogens with one attached hydrogen (secondary N) is 1. The lowest BCUT2D eigenvalue weighted by Crippen LogP contribution is -2.50. The Bertz CT molecular complexity index is 1120. The molecule has 4 rings (SSSR count). The van der Waals surface area contributed by atoms with Crippen LogP contribution in [0.1, 0.15) is 35.2 Å². The number of carbonyl (C=O) groups is 1. The Balaban J connectivity index is 1.42. The molecule has 2 saturated heterocycles. The van der Waals surface area contributed by atoms with Crippen molar-refractivity contribution >= 4 is 34.6 Å². The fraction of sp³-hybridized carbons (Fsp3) is 0.444. The third-order valence-electron chi connectivity index (χ3n) is 6.85. The molecule has 6 nitrogen and oxygen atoms in total. The van der Waals surface area contributed by atoms with Gasteiger partial charge in [0.05, 0.1) is 16.4 Å². The minimum absolute atomic E-state index is 0.0565. The van der Waals surface area contributed by atoms with Gasteiger partial charge in [0.1, 0.15) is 5.71 Å². The van der Waals surface area contributed by atoms with Gasteiger partial charge in [0.25, 0.3) is 5.91 Å². The van der Waals surface area contributed by atoms with Crippen LogP contribution in [0.2, 0.25) is 5.02 Å². The third-order valence-corrected chi connectivity index (χ3v) is 7.17. The molecular weight excluding hydrogens is 503 g/mol. The minimum atomic E-state index is -4.76. The number of carbonyl (C=O) groups excluding carboxylic acids is 1. The number of aliphatic imine (C=N–C) groups is 1. The standard InChI is InChI=1S/C27H31ClF3N5O/c28-22-5-1-2-6-23(22)33-24(19-25(32)27(29,30)31)20-7-9-21(10-8-20)26(37)36-17-15-35(16-18-36)14-13-34-11-3-4-12-34/h1-2,5-10,32H,3-4,11-19H2. The van der Waals surface area contributed by atoms with Gasteiger partial charge in [-0.25, -0.2) is 0 Å². The van der Waals surface area contributed by atoms with E-state index in [4.69, 9.17) is 17.0 Å². The maximum atomic E-state index is 13.1. The molecular formula is C27H31ClF3N5O. The minimum Gasteiger partial charge on any atom is -0.336 e. The van der Waals surface area contributed by atoms with Gasteiger partial charge in [0.15, 0.2) is 0 Å². The number of rotatable bonds is 8. The Morgan fingerprint density at radius 2 is 1.43 bits per heavy atom. The largest absolute Gasteiger partial charge is 0.429 e. The number of para-hydroxylation sites is 1. The first-order valence-electron chi connectivity index (χ1n) is 12.5. The molecule has 0 radical (unpaired) electrons. The fourth-order valence-corrected chi connectivity index (χ4v) is 4.79. The van der Waals surface area contributed by atoms with E-state index in [1.807, 2.05) is 4.90 Å². The number of alkyl halides is 3. The highest BCUT2D eigenvalue weighted by atomic mass is 35.5. The number of nitrogens with zero attached hydrogens (tertiary/aromatic N) is 4. The highest BCUT2D eigenvalue weighted by Gasteiger charge is 2.35. The van der Waals surface area contributed by atoms with Gasteiger partial charge in [-0.05, 0) is 55.8 Å². The van der Waals surface area contributed by atoms with E-state index in [0.29, 0.717) is 34.9 Å². The first-order valence-corrected chi connectivity index (χ1v) is 12.9. The monoisotopic (exact) mass is 533 g/mol. The lowest BCUT2D eigenvalue weighted by Gasteiger charge is -2.35. The molecule has 2 fully saturated rings. The van der Waals surface area contributed by atoms with Crippen LogP contribution in [0.5, 0.6) is 0 Å². The quantitative estimate of drug-likeness (QED) is 0.469. The van der Waals surface area contributed by atoms with Gasteiger partial charge in [-0.15, -0.1) is 0 Å². The summed E-state index contributed by atoms with van der Waals surface area (Å²) in [4.78, 5) is 24.1. The van der Waals surface area contributed by atoms with Gasteiger partial charge in [-0.1, -0.05) is 35.9 Å². The molecule has 2 aromatic rings. The molecule has 2 aliphatic rings. The summed E-state index contributed by atoms with van der Waals surface area (Å²) in [6, 6.07) is 13.0. The summed E-state index contributed by atoms with van der Waals surface area (Å²) < 4.78 is 39.3. The number of benzene rings is 2. The van der Waals surface area contributed by atoms with Crippen molar-refractivity contribution in [1.29, 1.82) is 5.41 Å². The van der Waals surface area contributed by atoms with Crippen molar-refractivity contribution in [3.8, 4) is 0 Å². The number of halogens is 4. The molecule has 0 aromatic heterocycles. The van der Waals surface area contributed by atoms with Crippen LogP contribution in [0, 0.1) is 5.41 Å². The second-order valence-corrected chi connectivity index (χ2v) is 9.83. The lowest BCUT2D eigenvalue weighted by atomic mass is 10.0. The topological polar surface area (TPSA) is 63.0 Å². The molecule has 0 spiro atoms. The Labute approximate surface area is 220 Å². The van der Waals surface area contributed by atoms with Crippen LogP contribution in [0.15, 0.2) is 53.5 Å². The Morgan fingerprint density at radius 1 is 0.865 bits per heavy atom. The first kappa shape index (κ1) is 27.3. The van der Waals surface area contributed by atoms with Gasteiger partial charge in [-0.3, -0.25) is 14.7 Å². The average molecular weight is 534 g/mol. The van der Waals surface area contributed by atoms with Crippen molar-refractivity contribution in [2.24, 2.45) is 4.99 Å². The number of hydrogen-bond acceptors (Lipinski definition) is 5. The summed E-state index contributed by atoms with van der Waals surface area (Å²) in [7, 11) is 0. The molecule has 1 N–H and O–H groups in total. The molecule has 0 unspecified atom stereocenters. The second kappa shape index (κ2) is 12.2. The lowest BCUT2D eigenvalue weighted by molar-refractivity contribution is -0.0605. The van der Waals surface area contributed by atoms with E-state index >= 15 is 0 Å². The zero-order valence-electron chi connectivity index (χ0n) is 20.6. The smallest absolute Gasteiger partial charge is 0.336 e. The van der Waals surface area contributed by atoms with Crippen molar-refractivity contribution < 1.29 is 18.0 Å². The molecule has 0 saturated carbocycles. The number of likely N-dealkylation sites (tertiary alicyclic amines) is 1. The van der Waals surface area contributed by atoms with Crippen molar-refractivity contribution in [3.05, 3.63) is 64.7 Å². The fourth-order valence-electron chi connectivity index (χ4n) is 4.61. The van der Waals surface area contributed by atoms with Crippen molar-refractivity contribution in [2.75, 3.05) is 52.4 Å². The Kier molecular flexibility index (Phi) is 9.00. The van der Waals surface area contributed by atoms with E-state index in [1.54, 1.807) is 48.5 Å². The molecule has 0 aliphatic carbocycles. The van der Waals surface area contributed by atoms with Gasteiger partial charge in [-0.2, -0.15) is 13.2 Å². The maximum Gasteiger partial charge on any atom is 0.429 e. The molecule has 1 amide bonds.